The molecule has 0 saturated carbocycles. The van der Waals surface area contributed by atoms with E-state index in [4.69, 9.17) is 13.9 Å². The van der Waals surface area contributed by atoms with Gasteiger partial charge < -0.3 is 13.9 Å². The van der Waals surface area contributed by atoms with Crippen molar-refractivity contribution in [3.8, 4) is 23.0 Å². The Morgan fingerprint density at radius 2 is 1.84 bits per heavy atom. The summed E-state index contributed by atoms with van der Waals surface area (Å²) in [6, 6.07) is 13.7. The SMILES string of the molecule is Brc1ccccc1-c1nnc(CSc2ccc3c(c2)OCCCO3)o1. The molecule has 1 aliphatic rings. The molecule has 25 heavy (non-hydrogen) atoms. The second kappa shape index (κ2) is 7.49. The number of rotatable bonds is 4. The number of nitrogens with zero attached hydrogens (tertiary/aromatic N) is 2. The minimum atomic E-state index is 0.515. The molecule has 0 spiro atoms. The highest BCUT2D eigenvalue weighted by Gasteiger charge is 2.13. The molecule has 2 aromatic carbocycles. The van der Waals surface area contributed by atoms with Crippen LogP contribution in [-0.4, -0.2) is 23.4 Å². The standard InChI is InChI=1S/C18H15BrN2O3S/c19-14-5-2-1-4-13(14)18-21-20-17(24-18)11-25-12-6-7-15-16(10-12)23-9-3-8-22-15/h1-2,4-7,10H,3,8-9,11H2. The number of aromatic nitrogens is 2. The van der Waals surface area contributed by atoms with Crippen molar-refractivity contribution in [2.75, 3.05) is 13.2 Å². The van der Waals surface area contributed by atoms with Crippen molar-refractivity contribution in [1.29, 1.82) is 0 Å². The predicted octanol–water partition coefficient (Wildman–Crippen LogP) is 4.95. The van der Waals surface area contributed by atoms with E-state index in [1.807, 2.05) is 42.5 Å². The fourth-order valence-corrected chi connectivity index (χ4v) is 3.65. The van der Waals surface area contributed by atoms with Gasteiger partial charge >= 0.3 is 0 Å². The molecule has 0 N–H and O–H groups in total. The summed E-state index contributed by atoms with van der Waals surface area (Å²) in [7, 11) is 0. The number of ether oxygens (including phenoxy) is 2. The van der Waals surface area contributed by atoms with Crippen LogP contribution in [-0.2, 0) is 5.75 Å². The summed E-state index contributed by atoms with van der Waals surface area (Å²) >= 11 is 5.12. The molecule has 7 heteroatoms. The van der Waals surface area contributed by atoms with Gasteiger partial charge in [-0.15, -0.1) is 22.0 Å². The van der Waals surface area contributed by atoms with E-state index >= 15 is 0 Å². The van der Waals surface area contributed by atoms with Crippen LogP contribution in [0.1, 0.15) is 12.3 Å². The van der Waals surface area contributed by atoms with Crippen LogP contribution < -0.4 is 9.47 Å². The number of hydrogen-bond donors (Lipinski definition) is 0. The quantitative estimate of drug-likeness (QED) is 0.558. The van der Waals surface area contributed by atoms with Crippen molar-refractivity contribution < 1.29 is 13.9 Å². The van der Waals surface area contributed by atoms with Crippen molar-refractivity contribution in [3.05, 3.63) is 52.8 Å². The highest BCUT2D eigenvalue weighted by molar-refractivity contribution is 9.10. The Bertz CT molecular complexity index is 884. The third kappa shape index (κ3) is 3.82. The Morgan fingerprint density at radius 3 is 2.72 bits per heavy atom. The minimum absolute atomic E-state index is 0.515. The van der Waals surface area contributed by atoms with Gasteiger partial charge in [-0.2, -0.15) is 0 Å². The lowest BCUT2D eigenvalue weighted by Crippen LogP contribution is -1.97. The zero-order valence-corrected chi connectivity index (χ0v) is 15.7. The summed E-state index contributed by atoms with van der Waals surface area (Å²) in [5, 5.41) is 8.27. The van der Waals surface area contributed by atoms with Crippen LogP contribution in [0.4, 0.5) is 0 Å². The van der Waals surface area contributed by atoms with E-state index in [2.05, 4.69) is 26.1 Å². The smallest absolute Gasteiger partial charge is 0.248 e. The van der Waals surface area contributed by atoms with Crippen LogP contribution in [0.3, 0.4) is 0 Å². The van der Waals surface area contributed by atoms with E-state index < -0.39 is 0 Å². The zero-order valence-electron chi connectivity index (χ0n) is 13.3. The first kappa shape index (κ1) is 16.5. The van der Waals surface area contributed by atoms with Crippen molar-refractivity contribution in [2.45, 2.75) is 17.1 Å². The third-order valence-electron chi connectivity index (χ3n) is 3.65. The van der Waals surface area contributed by atoms with Crippen LogP contribution in [0.25, 0.3) is 11.5 Å². The summed E-state index contributed by atoms with van der Waals surface area (Å²) in [5.41, 5.74) is 0.891. The molecule has 0 radical (unpaired) electrons. The fourth-order valence-electron chi connectivity index (χ4n) is 2.43. The van der Waals surface area contributed by atoms with E-state index in [1.165, 1.54) is 0 Å². The van der Waals surface area contributed by atoms with Gasteiger partial charge in [0.15, 0.2) is 11.5 Å². The van der Waals surface area contributed by atoms with Gasteiger partial charge in [0.2, 0.25) is 11.8 Å². The monoisotopic (exact) mass is 418 g/mol. The van der Waals surface area contributed by atoms with Crippen LogP contribution in [0.5, 0.6) is 11.5 Å². The maximum absolute atomic E-state index is 5.78. The van der Waals surface area contributed by atoms with Crippen LogP contribution in [0.2, 0.25) is 0 Å². The normalized spacial score (nSPS) is 13.5. The lowest BCUT2D eigenvalue weighted by atomic mass is 10.2. The van der Waals surface area contributed by atoms with Gasteiger partial charge in [0.25, 0.3) is 0 Å². The average Bonchev–Trinajstić information content (AvgIpc) is 2.97. The molecule has 0 unspecified atom stereocenters. The largest absolute Gasteiger partial charge is 0.490 e. The van der Waals surface area contributed by atoms with Crippen molar-refractivity contribution >= 4 is 27.7 Å². The third-order valence-corrected chi connectivity index (χ3v) is 5.32. The Labute approximate surface area is 157 Å². The molecule has 0 aliphatic carbocycles. The van der Waals surface area contributed by atoms with E-state index in [1.54, 1.807) is 11.8 Å². The van der Waals surface area contributed by atoms with E-state index in [0.717, 1.165) is 32.9 Å². The summed E-state index contributed by atoms with van der Waals surface area (Å²) in [6.07, 6.45) is 0.900. The highest BCUT2D eigenvalue weighted by atomic mass is 79.9. The maximum atomic E-state index is 5.78. The van der Waals surface area contributed by atoms with Crippen molar-refractivity contribution in [1.82, 2.24) is 10.2 Å². The molecular weight excluding hydrogens is 404 g/mol. The number of fused-ring (bicyclic) bond motifs is 1. The average molecular weight is 419 g/mol. The fraction of sp³-hybridized carbons (Fsp3) is 0.222. The molecule has 2 heterocycles. The first-order valence-corrected chi connectivity index (χ1v) is 9.67. The molecule has 128 valence electrons. The molecule has 1 aromatic heterocycles. The molecule has 0 atom stereocenters. The van der Waals surface area contributed by atoms with E-state index in [9.17, 15) is 0 Å². The number of hydrogen-bond acceptors (Lipinski definition) is 6. The molecule has 0 amide bonds. The lowest BCUT2D eigenvalue weighted by Gasteiger charge is -2.08. The van der Waals surface area contributed by atoms with Crippen molar-refractivity contribution in [2.24, 2.45) is 0 Å². The van der Waals surface area contributed by atoms with Gasteiger partial charge in [-0.25, -0.2) is 0 Å². The first-order valence-electron chi connectivity index (χ1n) is 7.89. The Morgan fingerprint density at radius 1 is 1.00 bits per heavy atom. The maximum Gasteiger partial charge on any atom is 0.248 e. The zero-order chi connectivity index (χ0) is 17.1. The number of halogens is 1. The Hall–Kier alpha value is -1.99. The molecule has 3 aromatic rings. The molecule has 5 nitrogen and oxygen atoms in total. The summed E-state index contributed by atoms with van der Waals surface area (Å²) in [4.78, 5) is 1.07. The Kier molecular flexibility index (Phi) is 4.94. The summed E-state index contributed by atoms with van der Waals surface area (Å²) in [6.45, 7) is 1.37. The second-order valence-corrected chi connectivity index (χ2v) is 7.33. The predicted molar refractivity (Wildman–Crippen MR) is 99.0 cm³/mol. The van der Waals surface area contributed by atoms with E-state index in [0.29, 0.717) is 30.7 Å². The van der Waals surface area contributed by atoms with Crippen LogP contribution in [0, 0.1) is 0 Å². The number of thioether (sulfide) groups is 1. The second-order valence-electron chi connectivity index (χ2n) is 5.43. The van der Waals surface area contributed by atoms with Gasteiger partial charge in [0.1, 0.15) is 0 Å². The highest BCUT2D eigenvalue weighted by Crippen LogP contribution is 2.35. The first-order chi connectivity index (χ1) is 12.3. The molecule has 0 bridgehead atoms. The van der Waals surface area contributed by atoms with E-state index in [-0.39, 0.29) is 0 Å². The van der Waals surface area contributed by atoms with Gasteiger partial charge in [-0.3, -0.25) is 0 Å². The van der Waals surface area contributed by atoms with Crippen LogP contribution >= 0.6 is 27.7 Å². The number of benzene rings is 2. The summed E-state index contributed by atoms with van der Waals surface area (Å²) in [5.74, 6) is 3.29. The lowest BCUT2D eigenvalue weighted by molar-refractivity contribution is 0.297. The topological polar surface area (TPSA) is 57.4 Å². The van der Waals surface area contributed by atoms with Crippen LogP contribution in [0.15, 0.2) is 56.2 Å². The summed E-state index contributed by atoms with van der Waals surface area (Å²) < 4.78 is 18.1. The van der Waals surface area contributed by atoms with Crippen molar-refractivity contribution in [3.63, 3.8) is 0 Å². The molecule has 0 fully saturated rings. The minimum Gasteiger partial charge on any atom is -0.490 e. The van der Waals surface area contributed by atoms with Gasteiger partial charge in [-0.05, 0) is 46.3 Å². The van der Waals surface area contributed by atoms with Gasteiger partial charge in [0, 0.05) is 15.8 Å². The van der Waals surface area contributed by atoms with Gasteiger partial charge in [0.05, 0.1) is 24.5 Å². The molecule has 4 rings (SSSR count). The molecular formula is C18H15BrN2O3S. The molecule has 0 saturated heterocycles. The van der Waals surface area contributed by atoms with Gasteiger partial charge in [-0.1, -0.05) is 12.1 Å². The Balaban J connectivity index is 1.46. The molecule has 1 aliphatic heterocycles.